The second kappa shape index (κ2) is 10.6. The van der Waals surface area contributed by atoms with Gasteiger partial charge in [0.15, 0.2) is 18.1 Å². The topological polar surface area (TPSA) is 117 Å². The summed E-state index contributed by atoms with van der Waals surface area (Å²) in [4.78, 5) is 33.6. The molecule has 0 aliphatic carbocycles. The average Bonchev–Trinajstić information content (AvgIpc) is 2.72. The molecule has 0 radical (unpaired) electrons. The molecule has 10 heteroatoms. The standard InChI is InChI=1S/C20H19FN2O7/c1-3-29-18-10-13(4-8-17(18)28-2)5-9-20(25)30-12-19(24)22-16-11-14(23(26)27)6-7-15(16)21/h4-11H,3,12H2,1-2H3,(H,22,24)/b9-5+. The summed E-state index contributed by atoms with van der Waals surface area (Å²) < 4.78 is 29.1. The van der Waals surface area contributed by atoms with E-state index in [1.807, 2.05) is 6.92 Å². The van der Waals surface area contributed by atoms with Crippen LogP contribution < -0.4 is 14.8 Å². The summed E-state index contributed by atoms with van der Waals surface area (Å²) in [6.07, 6.45) is 2.57. The molecule has 0 saturated heterocycles. The molecule has 0 saturated carbocycles. The second-order valence-corrected chi connectivity index (χ2v) is 5.75. The van der Waals surface area contributed by atoms with Crippen LogP contribution >= 0.6 is 0 Å². The zero-order chi connectivity index (χ0) is 22.1. The SMILES string of the molecule is CCOc1cc(/C=C/C(=O)OCC(=O)Nc2cc([N+](=O)[O-])ccc2F)ccc1OC. The summed E-state index contributed by atoms with van der Waals surface area (Å²) in [7, 11) is 1.51. The number of nitro groups is 1. The first-order chi connectivity index (χ1) is 14.3. The van der Waals surface area contributed by atoms with Crippen molar-refractivity contribution < 1.29 is 33.1 Å². The largest absolute Gasteiger partial charge is 0.493 e. The summed E-state index contributed by atoms with van der Waals surface area (Å²) >= 11 is 0. The molecule has 2 aromatic rings. The van der Waals surface area contributed by atoms with E-state index >= 15 is 0 Å². The number of carbonyl (C=O) groups excluding carboxylic acids is 2. The molecule has 0 aromatic heterocycles. The maximum absolute atomic E-state index is 13.7. The molecule has 2 aromatic carbocycles. The smallest absolute Gasteiger partial charge is 0.331 e. The van der Waals surface area contributed by atoms with Gasteiger partial charge in [-0.05, 0) is 36.8 Å². The number of nitro benzene ring substituents is 1. The van der Waals surface area contributed by atoms with Crippen molar-refractivity contribution in [2.75, 3.05) is 25.6 Å². The molecule has 0 spiro atoms. The van der Waals surface area contributed by atoms with Crippen molar-refractivity contribution in [1.82, 2.24) is 0 Å². The maximum atomic E-state index is 13.7. The van der Waals surface area contributed by atoms with E-state index in [-0.39, 0.29) is 5.69 Å². The second-order valence-electron chi connectivity index (χ2n) is 5.75. The first-order valence-electron chi connectivity index (χ1n) is 8.73. The van der Waals surface area contributed by atoms with Crippen LogP contribution in [0.1, 0.15) is 12.5 Å². The molecule has 2 rings (SSSR count). The van der Waals surface area contributed by atoms with Crippen LogP contribution in [-0.4, -0.2) is 37.1 Å². The Bertz CT molecular complexity index is 976. The number of nitrogens with zero attached hydrogens (tertiary/aromatic N) is 1. The van der Waals surface area contributed by atoms with Crippen LogP contribution in [0.15, 0.2) is 42.5 Å². The van der Waals surface area contributed by atoms with Crippen LogP contribution in [0.2, 0.25) is 0 Å². The molecule has 9 nitrogen and oxygen atoms in total. The Morgan fingerprint density at radius 3 is 2.63 bits per heavy atom. The number of halogens is 1. The zero-order valence-electron chi connectivity index (χ0n) is 16.2. The summed E-state index contributed by atoms with van der Waals surface area (Å²) in [5, 5.41) is 12.8. The predicted octanol–water partition coefficient (Wildman–Crippen LogP) is 3.34. The van der Waals surface area contributed by atoms with Crippen LogP contribution in [0, 0.1) is 15.9 Å². The highest BCUT2D eigenvalue weighted by atomic mass is 19.1. The Morgan fingerprint density at radius 2 is 1.97 bits per heavy atom. The number of ether oxygens (including phenoxy) is 3. The fourth-order valence-corrected chi connectivity index (χ4v) is 2.32. The molecule has 30 heavy (non-hydrogen) atoms. The van der Waals surface area contributed by atoms with Gasteiger partial charge in [-0.1, -0.05) is 6.07 Å². The lowest BCUT2D eigenvalue weighted by Gasteiger charge is -2.09. The van der Waals surface area contributed by atoms with Gasteiger partial charge in [0, 0.05) is 18.2 Å². The van der Waals surface area contributed by atoms with Gasteiger partial charge in [0.1, 0.15) is 5.82 Å². The first-order valence-corrected chi connectivity index (χ1v) is 8.73. The van der Waals surface area contributed by atoms with Crippen molar-refractivity contribution in [1.29, 1.82) is 0 Å². The minimum atomic E-state index is -0.857. The third-order valence-electron chi connectivity index (χ3n) is 3.68. The maximum Gasteiger partial charge on any atom is 0.331 e. The molecule has 1 amide bonds. The number of rotatable bonds is 9. The lowest BCUT2D eigenvalue weighted by molar-refractivity contribution is -0.384. The molecule has 0 fully saturated rings. The van der Waals surface area contributed by atoms with E-state index < -0.39 is 34.9 Å². The van der Waals surface area contributed by atoms with Crippen molar-refractivity contribution in [3.63, 3.8) is 0 Å². The minimum absolute atomic E-state index is 0.387. The molecule has 158 valence electrons. The third kappa shape index (κ3) is 6.30. The Hall–Kier alpha value is -3.95. The Balaban J connectivity index is 1.93. The monoisotopic (exact) mass is 418 g/mol. The summed E-state index contributed by atoms with van der Waals surface area (Å²) in [5.41, 5.74) is -0.140. The van der Waals surface area contributed by atoms with Gasteiger partial charge >= 0.3 is 5.97 Å². The third-order valence-corrected chi connectivity index (χ3v) is 3.68. The molecule has 0 bridgehead atoms. The fourth-order valence-electron chi connectivity index (χ4n) is 2.32. The van der Waals surface area contributed by atoms with Gasteiger partial charge in [0.05, 0.1) is 24.3 Å². The highest BCUT2D eigenvalue weighted by molar-refractivity contribution is 5.95. The number of hydrogen-bond donors (Lipinski definition) is 1. The van der Waals surface area contributed by atoms with Gasteiger partial charge in [-0.3, -0.25) is 14.9 Å². The van der Waals surface area contributed by atoms with Gasteiger partial charge in [0.25, 0.3) is 11.6 Å². The van der Waals surface area contributed by atoms with Gasteiger partial charge in [-0.25, -0.2) is 9.18 Å². The van der Waals surface area contributed by atoms with E-state index in [1.54, 1.807) is 18.2 Å². The van der Waals surface area contributed by atoms with E-state index in [9.17, 15) is 24.1 Å². The number of anilines is 1. The van der Waals surface area contributed by atoms with Crippen molar-refractivity contribution in [3.05, 3.63) is 64.0 Å². The summed E-state index contributed by atoms with van der Waals surface area (Å²) in [5.74, 6) is -1.46. The molecular weight excluding hydrogens is 399 g/mol. The highest BCUT2D eigenvalue weighted by Gasteiger charge is 2.14. The number of methoxy groups -OCH3 is 1. The molecular formula is C20H19FN2O7. The van der Waals surface area contributed by atoms with Gasteiger partial charge < -0.3 is 19.5 Å². The highest BCUT2D eigenvalue weighted by Crippen LogP contribution is 2.28. The molecule has 0 unspecified atom stereocenters. The molecule has 0 aliphatic rings. The number of non-ortho nitro benzene ring substituents is 1. The number of benzene rings is 2. The lowest BCUT2D eigenvalue weighted by atomic mass is 10.2. The molecule has 0 heterocycles. The number of nitrogens with one attached hydrogen (secondary N) is 1. The Labute approximate surface area is 171 Å². The predicted molar refractivity (Wildman–Crippen MR) is 106 cm³/mol. The van der Waals surface area contributed by atoms with Crippen LogP contribution in [0.4, 0.5) is 15.8 Å². The van der Waals surface area contributed by atoms with Crippen molar-refractivity contribution in [2.45, 2.75) is 6.92 Å². The first kappa shape index (κ1) is 22.3. The quantitative estimate of drug-likeness (QED) is 0.287. The van der Waals surface area contributed by atoms with E-state index in [0.717, 1.165) is 24.3 Å². The van der Waals surface area contributed by atoms with Crippen LogP contribution in [0.3, 0.4) is 0 Å². The van der Waals surface area contributed by atoms with Crippen molar-refractivity contribution in [3.8, 4) is 11.5 Å². The molecule has 0 atom stereocenters. The fraction of sp³-hybridized carbons (Fsp3) is 0.200. The summed E-state index contributed by atoms with van der Waals surface area (Å²) in [6.45, 7) is 1.56. The number of amides is 1. The Kier molecular flexibility index (Phi) is 7.86. The van der Waals surface area contributed by atoms with Gasteiger partial charge in [-0.15, -0.1) is 0 Å². The van der Waals surface area contributed by atoms with Crippen LogP contribution in [-0.2, 0) is 14.3 Å². The van der Waals surface area contributed by atoms with E-state index in [0.29, 0.717) is 23.7 Å². The Morgan fingerprint density at radius 1 is 1.20 bits per heavy atom. The average molecular weight is 418 g/mol. The molecule has 0 aliphatic heterocycles. The van der Waals surface area contributed by atoms with Crippen LogP contribution in [0.5, 0.6) is 11.5 Å². The van der Waals surface area contributed by atoms with E-state index in [4.69, 9.17) is 14.2 Å². The van der Waals surface area contributed by atoms with Gasteiger partial charge in [0.2, 0.25) is 0 Å². The normalized spacial score (nSPS) is 10.5. The zero-order valence-corrected chi connectivity index (χ0v) is 16.2. The van der Waals surface area contributed by atoms with Crippen LogP contribution in [0.25, 0.3) is 6.08 Å². The minimum Gasteiger partial charge on any atom is -0.493 e. The lowest BCUT2D eigenvalue weighted by Crippen LogP contribution is -2.20. The number of esters is 1. The van der Waals surface area contributed by atoms with Crippen molar-refractivity contribution >= 4 is 29.3 Å². The summed E-state index contributed by atoms with van der Waals surface area (Å²) in [6, 6.07) is 7.73. The van der Waals surface area contributed by atoms with Gasteiger partial charge in [-0.2, -0.15) is 0 Å². The van der Waals surface area contributed by atoms with E-state index in [2.05, 4.69) is 5.32 Å². The number of carbonyl (C=O) groups is 2. The molecule has 1 N–H and O–H groups in total. The van der Waals surface area contributed by atoms with Crippen molar-refractivity contribution in [2.24, 2.45) is 0 Å². The number of hydrogen-bond acceptors (Lipinski definition) is 7. The van der Waals surface area contributed by atoms with E-state index in [1.165, 1.54) is 13.2 Å².